The third-order valence-corrected chi connectivity index (χ3v) is 5.19. The van der Waals surface area contributed by atoms with Crippen LogP contribution in [0.15, 0.2) is 85.5 Å². The zero-order valence-corrected chi connectivity index (χ0v) is 17.9. The van der Waals surface area contributed by atoms with Gasteiger partial charge in [-0.25, -0.2) is 9.97 Å². The van der Waals surface area contributed by atoms with Crippen LogP contribution >= 0.6 is 0 Å². The molecular weight excluding hydrogens is 414 g/mol. The molecule has 0 saturated carbocycles. The zero-order chi connectivity index (χ0) is 22.8. The molecule has 33 heavy (non-hydrogen) atoms. The van der Waals surface area contributed by atoms with Crippen LogP contribution in [-0.2, 0) is 0 Å². The molecule has 0 spiro atoms. The molecule has 3 aromatic heterocycles. The quantitative estimate of drug-likeness (QED) is 0.279. The van der Waals surface area contributed by atoms with Gasteiger partial charge in [0, 0.05) is 45.6 Å². The molecular formula is C25H21N7O. The van der Waals surface area contributed by atoms with E-state index in [0.717, 1.165) is 33.1 Å². The fourth-order valence-electron chi connectivity index (χ4n) is 3.64. The molecule has 0 aliphatic heterocycles. The van der Waals surface area contributed by atoms with Gasteiger partial charge in [0.05, 0.1) is 17.3 Å². The number of nitrogens with one attached hydrogen (secondary N) is 4. The van der Waals surface area contributed by atoms with E-state index in [1.807, 2.05) is 55.5 Å². The lowest BCUT2D eigenvalue weighted by Gasteiger charge is -2.08. The molecule has 0 bridgehead atoms. The highest BCUT2D eigenvalue weighted by atomic mass is 16.1. The largest absolute Gasteiger partial charge is 0.360 e. The van der Waals surface area contributed by atoms with Gasteiger partial charge >= 0.3 is 0 Å². The number of aromatic amines is 2. The molecule has 5 rings (SSSR count). The van der Waals surface area contributed by atoms with Crippen molar-refractivity contribution in [3.05, 3.63) is 91.0 Å². The van der Waals surface area contributed by atoms with Gasteiger partial charge in [-0.15, -0.1) is 0 Å². The van der Waals surface area contributed by atoms with Crippen molar-refractivity contribution in [1.29, 1.82) is 0 Å². The molecule has 4 N–H and O–H groups in total. The lowest BCUT2D eigenvalue weighted by atomic mass is 10.1. The lowest BCUT2D eigenvalue weighted by Crippen LogP contribution is -2.20. The first kappa shape index (κ1) is 20.2. The molecule has 162 valence electrons. The summed E-state index contributed by atoms with van der Waals surface area (Å²) >= 11 is 0. The standard InChI is InChI=1S/C25H21N7O/c1-3-4-15(2)29-25(33)20-14-27-22-12-16(5-7-19(20)22)24-26-10-9-23(31-24)30-18-6-8-21-17(11-18)13-28-32-21/h3-14,27H,2H2,1H3,(H,28,32)(H,29,33)(H,26,30,31)/b4-3-. The molecule has 2 aromatic carbocycles. The summed E-state index contributed by atoms with van der Waals surface area (Å²) < 4.78 is 0. The number of hydrogen-bond acceptors (Lipinski definition) is 5. The number of carbonyl (C=O) groups excluding carboxylic acids is 1. The van der Waals surface area contributed by atoms with Crippen molar-refractivity contribution in [3.8, 4) is 11.4 Å². The highest BCUT2D eigenvalue weighted by Gasteiger charge is 2.14. The number of amides is 1. The van der Waals surface area contributed by atoms with E-state index in [0.29, 0.717) is 22.9 Å². The summed E-state index contributed by atoms with van der Waals surface area (Å²) in [6, 6.07) is 13.5. The Bertz CT molecular complexity index is 1530. The predicted molar refractivity (Wildman–Crippen MR) is 130 cm³/mol. The molecule has 0 unspecified atom stereocenters. The number of carbonyl (C=O) groups is 1. The van der Waals surface area contributed by atoms with Crippen LogP contribution in [-0.4, -0.2) is 31.1 Å². The normalized spacial score (nSPS) is 11.3. The van der Waals surface area contributed by atoms with E-state index in [9.17, 15) is 4.79 Å². The van der Waals surface area contributed by atoms with Gasteiger partial charge in [0.25, 0.3) is 5.91 Å². The fourth-order valence-corrected chi connectivity index (χ4v) is 3.64. The molecule has 8 heteroatoms. The Hall–Kier alpha value is -4.72. The minimum atomic E-state index is -0.214. The third kappa shape index (κ3) is 4.09. The van der Waals surface area contributed by atoms with Crippen LogP contribution in [0.5, 0.6) is 0 Å². The van der Waals surface area contributed by atoms with Crippen LogP contribution in [0.2, 0.25) is 0 Å². The Balaban J connectivity index is 1.40. The molecule has 0 radical (unpaired) electrons. The molecule has 3 heterocycles. The second-order valence-corrected chi connectivity index (χ2v) is 7.50. The van der Waals surface area contributed by atoms with Crippen molar-refractivity contribution in [2.24, 2.45) is 0 Å². The van der Waals surface area contributed by atoms with E-state index < -0.39 is 0 Å². The van der Waals surface area contributed by atoms with E-state index in [4.69, 9.17) is 0 Å². The van der Waals surface area contributed by atoms with Crippen molar-refractivity contribution in [3.63, 3.8) is 0 Å². The van der Waals surface area contributed by atoms with E-state index in [1.165, 1.54) is 0 Å². The fraction of sp³-hybridized carbons (Fsp3) is 0.0400. The first-order valence-electron chi connectivity index (χ1n) is 10.4. The van der Waals surface area contributed by atoms with Crippen LogP contribution < -0.4 is 10.6 Å². The number of fused-ring (bicyclic) bond motifs is 2. The van der Waals surface area contributed by atoms with Crippen LogP contribution in [0.25, 0.3) is 33.2 Å². The number of hydrogen-bond donors (Lipinski definition) is 4. The Morgan fingerprint density at radius 2 is 2.03 bits per heavy atom. The Labute approximate surface area is 189 Å². The molecule has 0 aliphatic rings. The minimum Gasteiger partial charge on any atom is -0.360 e. The Morgan fingerprint density at radius 1 is 1.12 bits per heavy atom. The van der Waals surface area contributed by atoms with Crippen molar-refractivity contribution >= 4 is 39.2 Å². The van der Waals surface area contributed by atoms with Crippen LogP contribution in [0.1, 0.15) is 17.3 Å². The Morgan fingerprint density at radius 3 is 2.91 bits per heavy atom. The van der Waals surface area contributed by atoms with Crippen LogP contribution in [0.3, 0.4) is 0 Å². The molecule has 5 aromatic rings. The molecule has 8 nitrogen and oxygen atoms in total. The number of aromatic nitrogens is 5. The number of benzene rings is 2. The average molecular weight is 435 g/mol. The maximum absolute atomic E-state index is 12.6. The summed E-state index contributed by atoms with van der Waals surface area (Å²) in [7, 11) is 0. The second-order valence-electron chi connectivity index (χ2n) is 7.50. The van der Waals surface area contributed by atoms with E-state index >= 15 is 0 Å². The van der Waals surface area contributed by atoms with Gasteiger partial charge in [-0.2, -0.15) is 5.10 Å². The first-order valence-corrected chi connectivity index (χ1v) is 10.4. The third-order valence-electron chi connectivity index (χ3n) is 5.19. The van der Waals surface area contributed by atoms with Crippen LogP contribution in [0.4, 0.5) is 11.5 Å². The summed E-state index contributed by atoms with van der Waals surface area (Å²) in [6.45, 7) is 5.69. The van der Waals surface area contributed by atoms with Gasteiger partial charge in [-0.1, -0.05) is 24.8 Å². The van der Waals surface area contributed by atoms with E-state index in [2.05, 4.69) is 42.4 Å². The molecule has 0 aliphatic carbocycles. The van der Waals surface area contributed by atoms with E-state index in [-0.39, 0.29) is 5.91 Å². The van der Waals surface area contributed by atoms with Crippen molar-refractivity contribution in [1.82, 2.24) is 30.5 Å². The molecule has 0 atom stereocenters. The number of allylic oxidation sites excluding steroid dienone is 2. The highest BCUT2D eigenvalue weighted by molar-refractivity contribution is 6.08. The highest BCUT2D eigenvalue weighted by Crippen LogP contribution is 2.26. The van der Waals surface area contributed by atoms with Gasteiger partial charge in [0.2, 0.25) is 0 Å². The maximum Gasteiger partial charge on any atom is 0.257 e. The van der Waals surface area contributed by atoms with E-state index in [1.54, 1.807) is 24.7 Å². The maximum atomic E-state index is 12.6. The SMILES string of the molecule is C=C(/C=C\C)NC(=O)c1c[nH]c2cc(-c3nccc(Nc4ccc5[nH]ncc5c4)n3)ccc12. The zero-order valence-electron chi connectivity index (χ0n) is 17.9. The summed E-state index contributed by atoms with van der Waals surface area (Å²) in [6.07, 6.45) is 8.75. The Kier molecular flexibility index (Phi) is 5.16. The minimum absolute atomic E-state index is 0.214. The van der Waals surface area contributed by atoms with Crippen LogP contribution in [0, 0.1) is 0 Å². The van der Waals surface area contributed by atoms with Crippen molar-refractivity contribution in [2.45, 2.75) is 6.92 Å². The second kappa shape index (κ2) is 8.43. The monoisotopic (exact) mass is 435 g/mol. The van der Waals surface area contributed by atoms with Gasteiger partial charge in [0.15, 0.2) is 5.82 Å². The first-order chi connectivity index (χ1) is 16.1. The summed E-state index contributed by atoms with van der Waals surface area (Å²) in [5.74, 6) is 1.04. The lowest BCUT2D eigenvalue weighted by molar-refractivity contribution is 0.0969. The van der Waals surface area contributed by atoms with Crippen molar-refractivity contribution < 1.29 is 4.79 Å². The summed E-state index contributed by atoms with van der Waals surface area (Å²) in [5, 5.41) is 14.9. The predicted octanol–water partition coefficient (Wildman–Crippen LogP) is 5.06. The van der Waals surface area contributed by atoms with Gasteiger partial charge in [0.1, 0.15) is 5.82 Å². The molecule has 0 saturated heterocycles. The molecule has 0 fully saturated rings. The summed E-state index contributed by atoms with van der Waals surface area (Å²) in [5.41, 5.74) is 4.63. The van der Waals surface area contributed by atoms with Gasteiger partial charge in [-0.05, 0) is 43.3 Å². The summed E-state index contributed by atoms with van der Waals surface area (Å²) in [4.78, 5) is 24.8. The number of anilines is 2. The average Bonchev–Trinajstić information content (AvgIpc) is 3.45. The number of nitrogens with zero attached hydrogens (tertiary/aromatic N) is 3. The van der Waals surface area contributed by atoms with Gasteiger partial charge in [-0.3, -0.25) is 9.89 Å². The topological polar surface area (TPSA) is 111 Å². The molecule has 1 amide bonds. The number of H-pyrrole nitrogens is 2. The van der Waals surface area contributed by atoms with Gasteiger partial charge < -0.3 is 15.6 Å². The van der Waals surface area contributed by atoms with Crippen molar-refractivity contribution in [2.75, 3.05) is 5.32 Å². The number of rotatable bonds is 6. The smallest absolute Gasteiger partial charge is 0.257 e.